The summed E-state index contributed by atoms with van der Waals surface area (Å²) in [5.74, 6) is -0.0135. The molecule has 104 valence electrons. The predicted octanol–water partition coefficient (Wildman–Crippen LogP) is 1.33. The lowest BCUT2D eigenvalue weighted by atomic mass is 10.0. The van der Waals surface area contributed by atoms with Gasteiger partial charge < -0.3 is 14.9 Å². The fourth-order valence-electron chi connectivity index (χ4n) is 2.70. The van der Waals surface area contributed by atoms with E-state index >= 15 is 0 Å². The first-order chi connectivity index (χ1) is 8.93. The molecule has 1 aliphatic heterocycles. The smallest absolute Gasteiger partial charge is 0.247 e. The van der Waals surface area contributed by atoms with E-state index in [-0.39, 0.29) is 18.6 Å². The molecule has 1 aliphatic rings. The number of carbonyl (C=O) groups excluding carboxylic acids is 1. The zero-order valence-corrected chi connectivity index (χ0v) is 12.1. The van der Waals surface area contributed by atoms with Gasteiger partial charge in [-0.2, -0.15) is 0 Å². The minimum atomic E-state index is -0.470. The number of anilines is 1. The van der Waals surface area contributed by atoms with Gasteiger partial charge in [-0.15, -0.1) is 0 Å². The van der Waals surface area contributed by atoms with Gasteiger partial charge in [-0.25, -0.2) is 0 Å². The highest BCUT2D eigenvalue weighted by atomic mass is 16.3. The average Bonchev–Trinajstić information content (AvgIpc) is 2.34. The van der Waals surface area contributed by atoms with Crippen LogP contribution in [0, 0.1) is 13.8 Å². The minimum absolute atomic E-state index is 0.0135. The van der Waals surface area contributed by atoms with Crippen LogP contribution >= 0.6 is 0 Å². The van der Waals surface area contributed by atoms with Crippen molar-refractivity contribution in [2.45, 2.75) is 32.9 Å². The molecule has 0 radical (unpaired) electrons. The molecule has 0 aliphatic carbocycles. The van der Waals surface area contributed by atoms with Crippen molar-refractivity contribution in [3.05, 3.63) is 29.3 Å². The van der Waals surface area contributed by atoms with Crippen LogP contribution in [-0.4, -0.2) is 48.2 Å². The van der Waals surface area contributed by atoms with Gasteiger partial charge in [0, 0.05) is 25.3 Å². The summed E-state index contributed by atoms with van der Waals surface area (Å²) in [7, 11) is 1.80. The Morgan fingerprint density at radius 1 is 1.26 bits per heavy atom. The average molecular weight is 262 g/mol. The molecule has 19 heavy (non-hydrogen) atoms. The molecule has 1 N–H and O–H groups in total. The van der Waals surface area contributed by atoms with E-state index in [1.54, 1.807) is 11.9 Å². The summed E-state index contributed by atoms with van der Waals surface area (Å²) >= 11 is 0. The fourth-order valence-corrected chi connectivity index (χ4v) is 2.70. The molecule has 0 spiro atoms. The van der Waals surface area contributed by atoms with Crippen LogP contribution in [0.4, 0.5) is 5.69 Å². The Labute approximate surface area is 114 Å². The summed E-state index contributed by atoms with van der Waals surface area (Å²) < 4.78 is 0. The predicted molar refractivity (Wildman–Crippen MR) is 76.4 cm³/mol. The minimum Gasteiger partial charge on any atom is -0.394 e. The number of amides is 1. The first-order valence-electron chi connectivity index (χ1n) is 6.66. The van der Waals surface area contributed by atoms with E-state index in [0.717, 1.165) is 12.2 Å². The van der Waals surface area contributed by atoms with Crippen molar-refractivity contribution in [3.8, 4) is 0 Å². The molecule has 2 atom stereocenters. The highest BCUT2D eigenvalue weighted by Crippen LogP contribution is 2.25. The maximum absolute atomic E-state index is 12.2. The lowest BCUT2D eigenvalue weighted by Gasteiger charge is -2.43. The first kappa shape index (κ1) is 13.9. The van der Waals surface area contributed by atoms with E-state index in [2.05, 4.69) is 18.2 Å². The van der Waals surface area contributed by atoms with Crippen LogP contribution in [0.15, 0.2) is 18.2 Å². The SMILES string of the molecule is Cc1cc(C)cc(N2CC(C)N(C)C(=O)C2CO)c1. The second-order valence-electron chi connectivity index (χ2n) is 5.49. The number of piperazine rings is 1. The summed E-state index contributed by atoms with van der Waals surface area (Å²) in [5, 5.41) is 9.55. The van der Waals surface area contributed by atoms with Crippen molar-refractivity contribution in [1.82, 2.24) is 4.90 Å². The number of hydrogen-bond donors (Lipinski definition) is 1. The number of rotatable bonds is 2. The molecule has 1 heterocycles. The zero-order chi connectivity index (χ0) is 14.2. The number of carbonyl (C=O) groups is 1. The molecule has 1 fully saturated rings. The molecule has 4 heteroatoms. The molecule has 1 saturated heterocycles. The second-order valence-corrected chi connectivity index (χ2v) is 5.49. The Morgan fingerprint density at radius 2 is 1.84 bits per heavy atom. The number of aryl methyl sites for hydroxylation is 2. The van der Waals surface area contributed by atoms with Gasteiger partial charge in [0.05, 0.1) is 6.61 Å². The molecule has 2 rings (SSSR count). The van der Waals surface area contributed by atoms with Crippen LogP contribution < -0.4 is 4.90 Å². The summed E-state index contributed by atoms with van der Waals surface area (Å²) in [4.78, 5) is 16.0. The maximum Gasteiger partial charge on any atom is 0.247 e. The van der Waals surface area contributed by atoms with Gasteiger partial charge in [0.25, 0.3) is 0 Å². The van der Waals surface area contributed by atoms with Gasteiger partial charge in [-0.1, -0.05) is 6.07 Å². The van der Waals surface area contributed by atoms with Crippen molar-refractivity contribution in [2.75, 3.05) is 25.1 Å². The molecule has 1 aromatic rings. The van der Waals surface area contributed by atoms with Gasteiger partial charge in [-0.05, 0) is 44.0 Å². The molecule has 1 amide bonds. The summed E-state index contributed by atoms with van der Waals surface area (Å²) in [6.45, 7) is 6.72. The van der Waals surface area contributed by atoms with Crippen LogP contribution in [0.5, 0.6) is 0 Å². The molecule has 0 saturated carbocycles. The number of hydrogen-bond acceptors (Lipinski definition) is 3. The lowest BCUT2D eigenvalue weighted by Crippen LogP contribution is -2.61. The summed E-state index contributed by atoms with van der Waals surface area (Å²) in [6.07, 6.45) is 0. The first-order valence-corrected chi connectivity index (χ1v) is 6.66. The van der Waals surface area contributed by atoms with Crippen LogP contribution in [0.25, 0.3) is 0 Å². The Morgan fingerprint density at radius 3 is 2.37 bits per heavy atom. The molecular formula is C15H22N2O2. The lowest BCUT2D eigenvalue weighted by molar-refractivity contribution is -0.136. The highest BCUT2D eigenvalue weighted by molar-refractivity contribution is 5.87. The van der Waals surface area contributed by atoms with E-state index in [9.17, 15) is 9.90 Å². The molecular weight excluding hydrogens is 240 g/mol. The van der Waals surface area contributed by atoms with Crippen molar-refractivity contribution >= 4 is 11.6 Å². The number of nitrogens with zero attached hydrogens (tertiary/aromatic N) is 2. The van der Waals surface area contributed by atoms with Gasteiger partial charge in [0.1, 0.15) is 6.04 Å². The van der Waals surface area contributed by atoms with Crippen molar-refractivity contribution in [2.24, 2.45) is 0 Å². The maximum atomic E-state index is 12.2. The monoisotopic (exact) mass is 262 g/mol. The highest BCUT2D eigenvalue weighted by Gasteiger charge is 2.36. The van der Waals surface area contributed by atoms with E-state index < -0.39 is 6.04 Å². The third-order valence-electron chi connectivity index (χ3n) is 3.84. The second kappa shape index (κ2) is 5.21. The topological polar surface area (TPSA) is 43.8 Å². The molecule has 0 bridgehead atoms. The van der Waals surface area contributed by atoms with Gasteiger partial charge in [0.2, 0.25) is 5.91 Å². The van der Waals surface area contributed by atoms with Gasteiger partial charge in [0.15, 0.2) is 0 Å². The molecule has 4 nitrogen and oxygen atoms in total. The number of benzene rings is 1. The van der Waals surface area contributed by atoms with Gasteiger partial charge in [-0.3, -0.25) is 4.79 Å². The van der Waals surface area contributed by atoms with Crippen molar-refractivity contribution < 1.29 is 9.90 Å². The molecule has 0 aromatic heterocycles. The van der Waals surface area contributed by atoms with E-state index in [0.29, 0.717) is 0 Å². The van der Waals surface area contributed by atoms with Crippen molar-refractivity contribution in [1.29, 1.82) is 0 Å². The third kappa shape index (κ3) is 2.59. The van der Waals surface area contributed by atoms with Gasteiger partial charge >= 0.3 is 0 Å². The summed E-state index contributed by atoms with van der Waals surface area (Å²) in [5.41, 5.74) is 3.36. The normalized spacial score (nSPS) is 23.9. The fraction of sp³-hybridized carbons (Fsp3) is 0.533. The van der Waals surface area contributed by atoms with Crippen LogP contribution in [0.1, 0.15) is 18.1 Å². The molecule has 2 unspecified atom stereocenters. The van der Waals surface area contributed by atoms with Crippen LogP contribution in [-0.2, 0) is 4.79 Å². The molecule has 1 aromatic carbocycles. The Bertz CT molecular complexity index is 467. The third-order valence-corrected chi connectivity index (χ3v) is 3.84. The Balaban J connectivity index is 2.38. The quantitative estimate of drug-likeness (QED) is 0.874. The van der Waals surface area contributed by atoms with E-state index in [1.165, 1.54) is 11.1 Å². The standard InChI is InChI=1S/C15H22N2O2/c1-10-5-11(2)7-13(6-10)17-8-12(3)16(4)15(19)14(17)9-18/h5-7,12,14,18H,8-9H2,1-4H3. The Kier molecular flexibility index (Phi) is 3.80. The number of likely N-dealkylation sites (N-methyl/N-ethyl adjacent to an activating group) is 1. The Hall–Kier alpha value is -1.55. The summed E-state index contributed by atoms with van der Waals surface area (Å²) in [6, 6.07) is 5.93. The number of aliphatic hydroxyl groups excluding tert-OH is 1. The largest absolute Gasteiger partial charge is 0.394 e. The van der Waals surface area contributed by atoms with Crippen LogP contribution in [0.2, 0.25) is 0 Å². The van der Waals surface area contributed by atoms with Crippen LogP contribution in [0.3, 0.4) is 0 Å². The zero-order valence-electron chi connectivity index (χ0n) is 12.1. The number of aliphatic hydroxyl groups is 1. The van der Waals surface area contributed by atoms with Crippen molar-refractivity contribution in [3.63, 3.8) is 0 Å². The van der Waals surface area contributed by atoms with E-state index in [4.69, 9.17) is 0 Å². The van der Waals surface area contributed by atoms with E-state index in [1.807, 2.05) is 25.7 Å².